The van der Waals surface area contributed by atoms with Crippen LogP contribution >= 0.6 is 0 Å². The van der Waals surface area contributed by atoms with E-state index in [2.05, 4.69) is 26.2 Å². The summed E-state index contributed by atoms with van der Waals surface area (Å²) >= 11 is 0. The third kappa shape index (κ3) is 5.52. The Morgan fingerprint density at radius 3 is 2.49 bits per heavy atom. The Morgan fingerprint density at radius 1 is 0.973 bits per heavy atom. The van der Waals surface area contributed by atoms with Gasteiger partial charge in [0.1, 0.15) is 0 Å². The number of aromatic nitrogens is 2. The highest BCUT2D eigenvalue weighted by Gasteiger charge is 2.26. The van der Waals surface area contributed by atoms with Crippen LogP contribution in [0.3, 0.4) is 0 Å². The first-order valence-corrected chi connectivity index (χ1v) is 13.9. The van der Waals surface area contributed by atoms with Crippen molar-refractivity contribution < 1.29 is 9.53 Å². The summed E-state index contributed by atoms with van der Waals surface area (Å²) in [5, 5.41) is 3.28. The number of amides is 1. The van der Waals surface area contributed by atoms with Gasteiger partial charge in [-0.1, -0.05) is 0 Å². The molecule has 1 aliphatic carbocycles. The molecule has 0 bridgehead atoms. The number of nitrogens with zero attached hydrogens (tertiary/aromatic N) is 4. The van der Waals surface area contributed by atoms with Gasteiger partial charge in [0.05, 0.1) is 6.61 Å². The number of pyridine rings is 1. The molecule has 1 saturated heterocycles. The molecule has 2 aliphatic heterocycles. The standard InChI is InChI=1S/C30H37N5O2/c36-30(25-5-9-27(10-6-25)34-15-1-2-16-34)32-26-7-3-23(4-8-26)12-17-33-18-20-35(21-19-33)29-28-24(11-14-31-29)13-22-37-28/h1-2,5-6,9-11,14-16,23,26H,3-4,7-8,12-13,17-22H2,(H,32,36). The molecule has 1 amide bonds. The molecule has 3 aromatic rings. The molecule has 0 atom stereocenters. The second-order valence-corrected chi connectivity index (χ2v) is 10.7. The lowest BCUT2D eigenvalue weighted by atomic mass is 9.84. The fraction of sp³-hybridized carbons (Fsp3) is 0.467. The van der Waals surface area contributed by atoms with E-state index in [4.69, 9.17) is 4.74 Å². The average molecular weight is 500 g/mol. The topological polar surface area (TPSA) is 62.6 Å². The van der Waals surface area contributed by atoms with Gasteiger partial charge in [-0.2, -0.15) is 0 Å². The van der Waals surface area contributed by atoms with Crippen molar-refractivity contribution in [2.24, 2.45) is 5.92 Å². The summed E-state index contributed by atoms with van der Waals surface area (Å²) in [5.74, 6) is 2.85. The number of nitrogens with one attached hydrogen (secondary N) is 1. The van der Waals surface area contributed by atoms with Crippen LogP contribution in [-0.4, -0.2) is 65.7 Å². The van der Waals surface area contributed by atoms with Crippen molar-refractivity contribution in [3.8, 4) is 11.4 Å². The van der Waals surface area contributed by atoms with E-state index in [1.807, 2.05) is 59.6 Å². The Kier molecular flexibility index (Phi) is 7.13. The van der Waals surface area contributed by atoms with Gasteiger partial charge in [-0.3, -0.25) is 9.69 Å². The van der Waals surface area contributed by atoms with Crippen LogP contribution in [0.2, 0.25) is 0 Å². The predicted molar refractivity (Wildman–Crippen MR) is 146 cm³/mol. The van der Waals surface area contributed by atoms with Gasteiger partial charge in [0.15, 0.2) is 11.6 Å². The molecule has 0 radical (unpaired) electrons. The molecule has 0 spiro atoms. The van der Waals surface area contributed by atoms with Gasteiger partial charge in [-0.15, -0.1) is 0 Å². The van der Waals surface area contributed by atoms with Crippen LogP contribution in [0.5, 0.6) is 5.75 Å². The second-order valence-electron chi connectivity index (χ2n) is 10.7. The highest BCUT2D eigenvalue weighted by Crippen LogP contribution is 2.34. The Morgan fingerprint density at radius 2 is 1.73 bits per heavy atom. The molecule has 194 valence electrons. The SMILES string of the molecule is O=C(NC1CCC(CCN2CCN(c3nccc4c3OCC4)CC2)CC1)c1ccc(-n2cccc2)cc1. The Labute approximate surface area is 219 Å². The third-order valence-corrected chi connectivity index (χ3v) is 8.32. The first kappa shape index (κ1) is 24.0. The van der Waals surface area contributed by atoms with Crippen LogP contribution in [0.15, 0.2) is 61.1 Å². The summed E-state index contributed by atoms with van der Waals surface area (Å²) in [7, 11) is 0. The number of rotatable bonds is 7. The normalized spacial score (nSPS) is 21.9. The summed E-state index contributed by atoms with van der Waals surface area (Å²) < 4.78 is 7.91. The Bertz CT molecular complexity index is 1180. The minimum absolute atomic E-state index is 0.0457. The van der Waals surface area contributed by atoms with E-state index >= 15 is 0 Å². The first-order chi connectivity index (χ1) is 18.2. The summed E-state index contributed by atoms with van der Waals surface area (Å²) in [4.78, 5) is 22.4. The molecule has 2 fully saturated rings. The lowest BCUT2D eigenvalue weighted by molar-refractivity contribution is 0.0919. The molecule has 7 nitrogen and oxygen atoms in total. The number of carbonyl (C=O) groups excluding carboxylic acids is 1. The second kappa shape index (κ2) is 11.0. The maximum Gasteiger partial charge on any atom is 0.251 e. The predicted octanol–water partition coefficient (Wildman–Crippen LogP) is 4.31. The zero-order valence-electron chi connectivity index (χ0n) is 21.5. The molecular weight excluding hydrogens is 462 g/mol. The molecule has 7 heteroatoms. The largest absolute Gasteiger partial charge is 0.489 e. The van der Waals surface area contributed by atoms with Crippen molar-refractivity contribution in [2.45, 2.75) is 44.6 Å². The molecule has 1 saturated carbocycles. The van der Waals surface area contributed by atoms with Gasteiger partial charge in [0.25, 0.3) is 5.91 Å². The Balaban J connectivity index is 0.910. The molecule has 1 aromatic carbocycles. The van der Waals surface area contributed by atoms with Crippen LogP contribution in [0, 0.1) is 5.92 Å². The molecule has 6 rings (SSSR count). The lowest BCUT2D eigenvalue weighted by Gasteiger charge is -2.37. The third-order valence-electron chi connectivity index (χ3n) is 8.32. The molecule has 1 N–H and O–H groups in total. The number of carbonyl (C=O) groups is 1. The zero-order valence-corrected chi connectivity index (χ0v) is 21.5. The van der Waals surface area contributed by atoms with Crippen LogP contribution in [-0.2, 0) is 6.42 Å². The number of fused-ring (bicyclic) bond motifs is 1. The van der Waals surface area contributed by atoms with Crippen molar-refractivity contribution in [1.82, 2.24) is 19.8 Å². The van der Waals surface area contributed by atoms with Crippen LogP contribution < -0.4 is 15.0 Å². The average Bonchev–Trinajstić information content (AvgIpc) is 3.66. The van der Waals surface area contributed by atoms with Gasteiger partial charge in [-0.05, 0) is 87.0 Å². The smallest absolute Gasteiger partial charge is 0.251 e. The highest BCUT2D eigenvalue weighted by molar-refractivity contribution is 5.94. The van der Waals surface area contributed by atoms with Gasteiger partial charge >= 0.3 is 0 Å². The van der Waals surface area contributed by atoms with E-state index in [0.29, 0.717) is 6.04 Å². The van der Waals surface area contributed by atoms with E-state index in [-0.39, 0.29) is 5.91 Å². The van der Waals surface area contributed by atoms with Crippen molar-refractivity contribution in [3.63, 3.8) is 0 Å². The molecule has 2 aromatic heterocycles. The van der Waals surface area contributed by atoms with Crippen LogP contribution in [0.1, 0.15) is 48.0 Å². The fourth-order valence-electron chi connectivity index (χ4n) is 6.02. The van der Waals surface area contributed by atoms with E-state index in [0.717, 1.165) is 80.8 Å². The van der Waals surface area contributed by atoms with Gasteiger partial charge < -0.3 is 19.5 Å². The molecule has 4 heterocycles. The summed E-state index contributed by atoms with van der Waals surface area (Å²) in [6.45, 7) is 6.14. The minimum Gasteiger partial charge on any atom is -0.489 e. The summed E-state index contributed by atoms with van der Waals surface area (Å²) in [6, 6.07) is 14.2. The van der Waals surface area contributed by atoms with E-state index < -0.39 is 0 Å². The van der Waals surface area contributed by atoms with Crippen molar-refractivity contribution in [1.29, 1.82) is 0 Å². The molecule has 37 heavy (non-hydrogen) atoms. The zero-order chi connectivity index (χ0) is 25.0. The van der Waals surface area contributed by atoms with Crippen molar-refractivity contribution in [2.75, 3.05) is 44.2 Å². The number of benzene rings is 1. The van der Waals surface area contributed by atoms with Gasteiger partial charge in [0.2, 0.25) is 0 Å². The quantitative estimate of drug-likeness (QED) is 0.525. The van der Waals surface area contributed by atoms with Crippen molar-refractivity contribution >= 4 is 11.7 Å². The van der Waals surface area contributed by atoms with Crippen LogP contribution in [0.4, 0.5) is 5.82 Å². The van der Waals surface area contributed by atoms with Crippen molar-refractivity contribution in [3.05, 3.63) is 72.2 Å². The number of hydrogen-bond acceptors (Lipinski definition) is 5. The monoisotopic (exact) mass is 499 g/mol. The molecule has 3 aliphatic rings. The number of anilines is 1. The maximum atomic E-state index is 12.8. The molecule has 0 unspecified atom stereocenters. The first-order valence-electron chi connectivity index (χ1n) is 13.9. The van der Waals surface area contributed by atoms with E-state index in [1.54, 1.807) is 0 Å². The Hall–Kier alpha value is -3.32. The van der Waals surface area contributed by atoms with E-state index in [9.17, 15) is 4.79 Å². The minimum atomic E-state index is 0.0457. The molecular formula is C30H37N5O2. The van der Waals surface area contributed by atoms with E-state index in [1.165, 1.54) is 31.4 Å². The summed E-state index contributed by atoms with van der Waals surface area (Å²) in [6.07, 6.45) is 12.8. The number of hydrogen-bond donors (Lipinski definition) is 1. The van der Waals surface area contributed by atoms with Gasteiger partial charge in [-0.25, -0.2) is 4.98 Å². The maximum absolute atomic E-state index is 12.8. The lowest BCUT2D eigenvalue weighted by Crippen LogP contribution is -2.47. The fourth-order valence-corrected chi connectivity index (χ4v) is 6.02. The van der Waals surface area contributed by atoms with Gasteiger partial charge in [0, 0.05) is 74.0 Å². The highest BCUT2D eigenvalue weighted by atomic mass is 16.5. The van der Waals surface area contributed by atoms with Crippen LogP contribution in [0.25, 0.3) is 5.69 Å². The number of piperazine rings is 1. The summed E-state index contributed by atoms with van der Waals surface area (Å²) in [5.41, 5.74) is 3.10. The number of ether oxygens (including phenoxy) is 1.